The summed E-state index contributed by atoms with van der Waals surface area (Å²) >= 11 is 0. The normalized spacial score (nSPS) is 14.3. The van der Waals surface area contributed by atoms with E-state index in [2.05, 4.69) is 0 Å². The Morgan fingerprint density at radius 3 is 2.14 bits per heavy atom. The molecule has 0 aliphatic carbocycles. The first-order valence-corrected chi connectivity index (χ1v) is 8.69. The number of nitrogens with zero attached hydrogens (tertiary/aromatic N) is 2. The molecule has 2 aromatic rings. The van der Waals surface area contributed by atoms with Crippen LogP contribution in [0.1, 0.15) is 11.1 Å². The number of carbonyl (C=O) groups excluding carboxylic acids is 3. The van der Waals surface area contributed by atoms with Crippen LogP contribution >= 0.6 is 0 Å². The highest BCUT2D eigenvalue weighted by Gasteiger charge is 2.37. The third kappa shape index (κ3) is 4.11. The summed E-state index contributed by atoms with van der Waals surface area (Å²) in [4.78, 5) is 38.2. The van der Waals surface area contributed by atoms with Crippen molar-refractivity contribution in [3.8, 4) is 11.5 Å². The Morgan fingerprint density at radius 1 is 0.931 bits per heavy atom. The van der Waals surface area contributed by atoms with Crippen LogP contribution in [0.3, 0.4) is 0 Å². The Morgan fingerprint density at radius 2 is 1.55 bits per heavy atom. The zero-order valence-corrected chi connectivity index (χ0v) is 16.1. The molecule has 1 heterocycles. The summed E-state index contributed by atoms with van der Waals surface area (Å²) in [5, 5.41) is 0. The number of urea groups is 1. The van der Waals surface area contributed by atoms with E-state index in [0.717, 1.165) is 15.4 Å². The molecule has 0 unspecified atom stereocenters. The summed E-state index contributed by atoms with van der Waals surface area (Å²) in [5.41, 5.74) is 1.19. The maximum Gasteiger partial charge on any atom is 0.333 e. The average Bonchev–Trinajstić information content (AvgIpc) is 2.74. The van der Waals surface area contributed by atoms with Crippen LogP contribution in [-0.2, 0) is 16.2 Å². The second-order valence-corrected chi connectivity index (χ2v) is 6.39. The number of carbonyl (C=O) groups is 3. The number of hydrogen-bond acceptors (Lipinski definition) is 5. The predicted molar refractivity (Wildman–Crippen MR) is 103 cm³/mol. The molecule has 150 valence electrons. The fourth-order valence-electron chi connectivity index (χ4n) is 2.78. The van der Waals surface area contributed by atoms with Gasteiger partial charge in [-0.05, 0) is 41.5 Å². The molecule has 0 radical (unpaired) electrons. The zero-order chi connectivity index (χ0) is 21.1. The number of ether oxygens (including phenoxy) is 2. The molecule has 1 fully saturated rings. The number of likely N-dealkylation sites (N-methyl/N-ethyl adjacent to an activating group) is 2. The first kappa shape index (κ1) is 20.1. The molecule has 0 aromatic heterocycles. The number of halogens is 1. The van der Waals surface area contributed by atoms with Gasteiger partial charge in [-0.15, -0.1) is 0 Å². The molecule has 29 heavy (non-hydrogen) atoms. The summed E-state index contributed by atoms with van der Waals surface area (Å²) in [7, 11) is 4.09. The Kier molecular flexibility index (Phi) is 5.63. The quantitative estimate of drug-likeness (QED) is 0.572. The molecule has 0 N–H and O–H groups in total. The van der Waals surface area contributed by atoms with Crippen molar-refractivity contribution in [2.24, 2.45) is 0 Å². The Labute approximate surface area is 166 Å². The molecule has 0 atom stereocenters. The van der Waals surface area contributed by atoms with Gasteiger partial charge in [-0.1, -0.05) is 18.2 Å². The van der Waals surface area contributed by atoms with Crippen molar-refractivity contribution < 1.29 is 28.2 Å². The first-order valence-electron chi connectivity index (χ1n) is 8.69. The van der Waals surface area contributed by atoms with Crippen molar-refractivity contribution in [3.05, 3.63) is 65.0 Å². The van der Waals surface area contributed by atoms with Gasteiger partial charge in [-0.25, -0.2) is 9.18 Å². The van der Waals surface area contributed by atoms with Gasteiger partial charge in [0.1, 0.15) is 18.0 Å². The van der Waals surface area contributed by atoms with E-state index in [0.29, 0.717) is 17.1 Å². The molecule has 4 amide bonds. The van der Waals surface area contributed by atoms with Crippen molar-refractivity contribution >= 4 is 23.9 Å². The topological polar surface area (TPSA) is 76.2 Å². The van der Waals surface area contributed by atoms with Crippen LogP contribution in [0, 0.1) is 5.82 Å². The maximum absolute atomic E-state index is 13.0. The lowest BCUT2D eigenvalue weighted by atomic mass is 10.1. The van der Waals surface area contributed by atoms with E-state index in [4.69, 9.17) is 9.47 Å². The van der Waals surface area contributed by atoms with E-state index in [1.54, 1.807) is 30.3 Å². The van der Waals surface area contributed by atoms with Crippen LogP contribution < -0.4 is 9.47 Å². The SMILES string of the molecule is COc1cc(C=C2C(=O)N(C)C(=O)N(C)C2=O)ccc1OCc1ccc(F)cc1. The van der Waals surface area contributed by atoms with E-state index in [-0.39, 0.29) is 18.0 Å². The molecular formula is C21H19FN2O5. The summed E-state index contributed by atoms with van der Waals surface area (Å²) in [6.45, 7) is 0.214. The molecule has 0 saturated carbocycles. The molecule has 7 nitrogen and oxygen atoms in total. The van der Waals surface area contributed by atoms with Gasteiger partial charge in [-0.2, -0.15) is 0 Å². The maximum atomic E-state index is 13.0. The number of amides is 4. The predicted octanol–water partition coefficient (Wildman–Crippen LogP) is 2.85. The van der Waals surface area contributed by atoms with Crippen LogP contribution in [0.5, 0.6) is 11.5 Å². The molecule has 0 bridgehead atoms. The van der Waals surface area contributed by atoms with Crippen molar-refractivity contribution in [1.29, 1.82) is 0 Å². The molecule has 2 aromatic carbocycles. The summed E-state index contributed by atoms with van der Waals surface area (Å²) < 4.78 is 24.1. The minimum absolute atomic E-state index is 0.128. The molecule has 1 aliphatic rings. The third-order valence-corrected chi connectivity index (χ3v) is 4.45. The number of hydrogen-bond donors (Lipinski definition) is 0. The molecule has 1 saturated heterocycles. The van der Waals surface area contributed by atoms with Gasteiger partial charge >= 0.3 is 6.03 Å². The van der Waals surface area contributed by atoms with Crippen LogP contribution in [0.25, 0.3) is 6.08 Å². The van der Waals surface area contributed by atoms with Gasteiger partial charge in [0.05, 0.1) is 7.11 Å². The smallest absolute Gasteiger partial charge is 0.333 e. The lowest BCUT2D eigenvalue weighted by molar-refractivity contribution is -0.134. The minimum atomic E-state index is -0.681. The van der Waals surface area contributed by atoms with Gasteiger partial charge in [-0.3, -0.25) is 19.4 Å². The number of imide groups is 2. The van der Waals surface area contributed by atoms with Crippen molar-refractivity contribution in [2.75, 3.05) is 21.2 Å². The molecular weight excluding hydrogens is 379 g/mol. The molecule has 3 rings (SSSR count). The number of barbiturate groups is 1. The highest BCUT2D eigenvalue weighted by Crippen LogP contribution is 2.30. The van der Waals surface area contributed by atoms with Gasteiger partial charge in [0, 0.05) is 14.1 Å². The number of methoxy groups -OCH3 is 1. The summed E-state index contributed by atoms with van der Waals surface area (Å²) in [6, 6.07) is 10.2. The van der Waals surface area contributed by atoms with Gasteiger partial charge in [0.15, 0.2) is 11.5 Å². The standard InChI is InChI=1S/C21H19FN2O5/c1-23-19(25)16(20(26)24(2)21(23)27)10-14-6-9-17(18(11-14)28-3)29-12-13-4-7-15(22)8-5-13/h4-11H,12H2,1-3H3. The fraction of sp³-hybridized carbons (Fsp3) is 0.190. The van der Waals surface area contributed by atoms with E-state index in [9.17, 15) is 18.8 Å². The highest BCUT2D eigenvalue weighted by atomic mass is 19.1. The van der Waals surface area contributed by atoms with Crippen molar-refractivity contribution in [2.45, 2.75) is 6.61 Å². The first-order chi connectivity index (χ1) is 13.8. The highest BCUT2D eigenvalue weighted by molar-refractivity contribution is 6.30. The Hall–Kier alpha value is -3.68. The van der Waals surface area contributed by atoms with Crippen LogP contribution in [0.15, 0.2) is 48.0 Å². The van der Waals surface area contributed by atoms with Gasteiger partial charge in [0.25, 0.3) is 11.8 Å². The van der Waals surface area contributed by atoms with E-state index >= 15 is 0 Å². The minimum Gasteiger partial charge on any atom is -0.493 e. The van der Waals surface area contributed by atoms with Crippen molar-refractivity contribution in [1.82, 2.24) is 9.80 Å². The Bertz CT molecular complexity index is 975. The van der Waals surface area contributed by atoms with Crippen LogP contribution in [0.2, 0.25) is 0 Å². The van der Waals surface area contributed by atoms with E-state index in [1.165, 1.54) is 39.4 Å². The second-order valence-electron chi connectivity index (χ2n) is 6.39. The van der Waals surface area contributed by atoms with Crippen LogP contribution in [-0.4, -0.2) is 48.9 Å². The molecule has 0 spiro atoms. The fourth-order valence-corrected chi connectivity index (χ4v) is 2.78. The third-order valence-electron chi connectivity index (χ3n) is 4.45. The Balaban J connectivity index is 1.83. The summed E-state index contributed by atoms with van der Waals surface area (Å²) in [6.07, 6.45) is 1.40. The van der Waals surface area contributed by atoms with E-state index < -0.39 is 17.8 Å². The second kappa shape index (κ2) is 8.14. The van der Waals surface area contributed by atoms with Gasteiger partial charge < -0.3 is 9.47 Å². The summed E-state index contributed by atoms with van der Waals surface area (Å²) in [5.74, 6) is -0.824. The van der Waals surface area contributed by atoms with E-state index in [1.807, 2.05) is 0 Å². The number of rotatable bonds is 5. The molecule has 1 aliphatic heterocycles. The largest absolute Gasteiger partial charge is 0.493 e. The monoisotopic (exact) mass is 398 g/mol. The number of benzene rings is 2. The van der Waals surface area contributed by atoms with Gasteiger partial charge in [0.2, 0.25) is 0 Å². The molecule has 8 heteroatoms. The van der Waals surface area contributed by atoms with Crippen LogP contribution in [0.4, 0.5) is 9.18 Å². The average molecular weight is 398 g/mol. The van der Waals surface area contributed by atoms with Crippen molar-refractivity contribution in [3.63, 3.8) is 0 Å². The lowest BCUT2D eigenvalue weighted by Gasteiger charge is -2.28. The zero-order valence-electron chi connectivity index (χ0n) is 16.1. The lowest BCUT2D eigenvalue weighted by Crippen LogP contribution is -2.52.